The average Bonchev–Trinajstić information content (AvgIpc) is 3.03. The molecule has 0 radical (unpaired) electrons. The Bertz CT molecular complexity index is 656. The van der Waals surface area contributed by atoms with Crippen LogP contribution in [0.25, 0.3) is 0 Å². The van der Waals surface area contributed by atoms with Gasteiger partial charge in [0.2, 0.25) is 0 Å². The van der Waals surface area contributed by atoms with Gasteiger partial charge in [0.05, 0.1) is 0 Å². The minimum Gasteiger partial charge on any atom is -0.354 e. The summed E-state index contributed by atoms with van der Waals surface area (Å²) in [6.45, 7) is 11.9. The third-order valence-corrected chi connectivity index (χ3v) is 6.35. The number of nitrogens with one attached hydrogen (secondary N) is 2. The average molecular weight is 515 g/mol. The van der Waals surface area contributed by atoms with Gasteiger partial charge in [0, 0.05) is 25.7 Å². The van der Waals surface area contributed by atoms with Crippen molar-refractivity contribution in [2.75, 3.05) is 19.6 Å². The minimum atomic E-state index is 0. The number of piperidine rings is 1. The van der Waals surface area contributed by atoms with E-state index in [9.17, 15) is 0 Å². The second-order valence-electron chi connectivity index (χ2n) is 8.43. The first-order valence-corrected chi connectivity index (χ1v) is 10.8. The lowest BCUT2D eigenvalue weighted by molar-refractivity contribution is 0.105. The maximum Gasteiger partial charge on any atom is 0.192 e. The Morgan fingerprint density at radius 1 is 1.17 bits per heavy atom. The summed E-state index contributed by atoms with van der Waals surface area (Å²) in [6.07, 6.45) is 9.55. The predicted molar refractivity (Wildman–Crippen MR) is 130 cm³/mol. The largest absolute Gasteiger partial charge is 0.354 e. The van der Waals surface area contributed by atoms with Crippen molar-refractivity contribution >= 4 is 29.9 Å². The molecule has 1 aliphatic carbocycles. The number of nitrogens with zero attached hydrogens (tertiary/aromatic N) is 5. The zero-order valence-corrected chi connectivity index (χ0v) is 20.6. The number of hydrogen-bond donors (Lipinski definition) is 2. The first-order valence-electron chi connectivity index (χ1n) is 10.8. The first-order chi connectivity index (χ1) is 13.6. The topological polar surface area (TPSA) is 70.4 Å². The molecule has 0 amide bonds. The lowest BCUT2D eigenvalue weighted by atomic mass is 9.88. The Morgan fingerprint density at radius 3 is 2.45 bits per heavy atom. The molecule has 8 heteroatoms. The first kappa shape index (κ1) is 24.1. The van der Waals surface area contributed by atoms with Crippen molar-refractivity contribution in [2.24, 2.45) is 18.0 Å². The molecule has 2 aliphatic rings. The molecule has 2 fully saturated rings. The van der Waals surface area contributed by atoms with Crippen LogP contribution in [-0.4, -0.2) is 57.3 Å². The monoisotopic (exact) mass is 515 g/mol. The molecule has 2 N–H and O–H groups in total. The fourth-order valence-corrected chi connectivity index (χ4v) is 4.23. The summed E-state index contributed by atoms with van der Waals surface area (Å²) in [4.78, 5) is 7.46. The Kier molecular flexibility index (Phi) is 9.88. The summed E-state index contributed by atoms with van der Waals surface area (Å²) in [6, 6.07) is 1.26. The Labute approximate surface area is 192 Å². The van der Waals surface area contributed by atoms with E-state index < -0.39 is 0 Å². The van der Waals surface area contributed by atoms with Crippen LogP contribution in [0.4, 0.5) is 0 Å². The fraction of sp³-hybridized carbons (Fsp3) is 0.762. The van der Waals surface area contributed by atoms with Gasteiger partial charge in [-0.05, 0) is 64.5 Å². The molecule has 0 aromatic carbocycles. The normalized spacial score (nSPS) is 24.0. The summed E-state index contributed by atoms with van der Waals surface area (Å²) in [7, 11) is 1.98. The van der Waals surface area contributed by atoms with Crippen molar-refractivity contribution in [3.8, 4) is 0 Å². The Balaban J connectivity index is 0.00000300. The van der Waals surface area contributed by atoms with Crippen LogP contribution in [0, 0.1) is 12.8 Å². The second kappa shape index (κ2) is 11.9. The summed E-state index contributed by atoms with van der Waals surface area (Å²) in [5.41, 5.74) is 0. The third kappa shape index (κ3) is 6.94. The van der Waals surface area contributed by atoms with Gasteiger partial charge in [-0.2, -0.15) is 0 Å². The van der Waals surface area contributed by atoms with Gasteiger partial charge < -0.3 is 20.1 Å². The van der Waals surface area contributed by atoms with Gasteiger partial charge in [0.15, 0.2) is 11.8 Å². The van der Waals surface area contributed by atoms with E-state index in [2.05, 4.69) is 39.2 Å². The van der Waals surface area contributed by atoms with Crippen LogP contribution in [0.2, 0.25) is 0 Å². The number of hydrogen-bond acceptors (Lipinski definition) is 4. The van der Waals surface area contributed by atoms with E-state index in [1.54, 1.807) is 0 Å². The molecule has 2 heterocycles. The van der Waals surface area contributed by atoms with Gasteiger partial charge in [-0.3, -0.25) is 0 Å². The molecule has 1 aromatic heterocycles. The number of aromatic nitrogens is 3. The molecule has 1 aromatic rings. The van der Waals surface area contributed by atoms with Gasteiger partial charge in [-0.1, -0.05) is 13.0 Å². The molecule has 164 valence electrons. The van der Waals surface area contributed by atoms with Crippen molar-refractivity contribution in [1.82, 2.24) is 30.3 Å². The molecular formula is C21H38IN7. The molecule has 1 aliphatic heterocycles. The lowest BCUT2D eigenvalue weighted by Crippen LogP contribution is -2.48. The summed E-state index contributed by atoms with van der Waals surface area (Å²) in [5, 5.41) is 15.3. The van der Waals surface area contributed by atoms with E-state index in [4.69, 9.17) is 4.99 Å². The zero-order chi connectivity index (χ0) is 19.9. The van der Waals surface area contributed by atoms with Crippen molar-refractivity contribution in [3.63, 3.8) is 0 Å². The van der Waals surface area contributed by atoms with E-state index in [-0.39, 0.29) is 24.0 Å². The highest BCUT2D eigenvalue weighted by atomic mass is 127. The third-order valence-electron chi connectivity index (χ3n) is 6.35. The van der Waals surface area contributed by atoms with Crippen molar-refractivity contribution in [1.29, 1.82) is 0 Å². The molecule has 0 unspecified atom stereocenters. The molecule has 1 saturated carbocycles. The molecule has 7 nitrogen and oxygen atoms in total. The van der Waals surface area contributed by atoms with Crippen LogP contribution in [0.3, 0.4) is 0 Å². The maximum absolute atomic E-state index is 4.73. The number of likely N-dealkylation sites (tertiary alicyclic amines) is 1. The SMILES string of the molecule is C=CCNC(=NCc1nnc(C)n1C)NC1CCC(N2CCC(C)CC2)CC1.I. The summed E-state index contributed by atoms with van der Waals surface area (Å²) in [5.74, 6) is 3.53. The quantitative estimate of drug-likeness (QED) is 0.264. The summed E-state index contributed by atoms with van der Waals surface area (Å²) < 4.78 is 1.99. The highest BCUT2D eigenvalue weighted by molar-refractivity contribution is 14.0. The van der Waals surface area contributed by atoms with Gasteiger partial charge >= 0.3 is 0 Å². The molecule has 0 spiro atoms. The van der Waals surface area contributed by atoms with E-state index >= 15 is 0 Å². The molecular weight excluding hydrogens is 477 g/mol. The predicted octanol–water partition coefficient (Wildman–Crippen LogP) is 3.01. The number of halogens is 1. The van der Waals surface area contributed by atoms with Gasteiger partial charge in [0.1, 0.15) is 12.4 Å². The van der Waals surface area contributed by atoms with Crippen LogP contribution in [0.5, 0.6) is 0 Å². The number of rotatable bonds is 6. The lowest BCUT2D eigenvalue weighted by Gasteiger charge is -2.40. The summed E-state index contributed by atoms with van der Waals surface area (Å²) >= 11 is 0. The minimum absolute atomic E-state index is 0. The van der Waals surface area contributed by atoms with E-state index in [1.807, 2.05) is 24.6 Å². The van der Waals surface area contributed by atoms with Gasteiger partial charge in [0.25, 0.3) is 0 Å². The second-order valence-corrected chi connectivity index (χ2v) is 8.43. The zero-order valence-electron chi connectivity index (χ0n) is 18.2. The molecule has 29 heavy (non-hydrogen) atoms. The van der Waals surface area contributed by atoms with Crippen LogP contribution >= 0.6 is 24.0 Å². The smallest absolute Gasteiger partial charge is 0.192 e. The number of aliphatic imine (C=N–C) groups is 1. The highest BCUT2D eigenvalue weighted by Gasteiger charge is 2.28. The van der Waals surface area contributed by atoms with Gasteiger partial charge in [-0.25, -0.2) is 4.99 Å². The van der Waals surface area contributed by atoms with Crippen molar-refractivity contribution < 1.29 is 0 Å². The highest BCUT2D eigenvalue weighted by Crippen LogP contribution is 2.27. The van der Waals surface area contributed by atoms with Crippen LogP contribution in [-0.2, 0) is 13.6 Å². The fourth-order valence-electron chi connectivity index (χ4n) is 4.23. The Hall–Kier alpha value is -1.16. The van der Waals surface area contributed by atoms with E-state index in [1.165, 1.54) is 51.6 Å². The Morgan fingerprint density at radius 2 is 1.86 bits per heavy atom. The maximum atomic E-state index is 4.73. The van der Waals surface area contributed by atoms with Crippen molar-refractivity contribution in [3.05, 3.63) is 24.3 Å². The molecule has 3 rings (SSSR count). The standard InChI is InChI=1S/C21H37N7.HI/c1-5-12-22-21(23-15-20-26-25-17(3)27(20)4)24-18-6-8-19(9-7-18)28-13-10-16(2)11-14-28;/h5,16,18-19H,1,6-15H2,2-4H3,(H2,22,23,24);1H. The van der Waals surface area contributed by atoms with Crippen LogP contribution < -0.4 is 10.6 Å². The van der Waals surface area contributed by atoms with Crippen LogP contribution in [0.1, 0.15) is 57.1 Å². The van der Waals surface area contributed by atoms with E-state index in [0.29, 0.717) is 19.1 Å². The molecule has 0 bridgehead atoms. The van der Waals surface area contributed by atoms with Crippen molar-refractivity contribution in [2.45, 2.75) is 71.0 Å². The van der Waals surface area contributed by atoms with Crippen LogP contribution in [0.15, 0.2) is 17.6 Å². The number of guanidine groups is 1. The van der Waals surface area contributed by atoms with Gasteiger partial charge in [-0.15, -0.1) is 40.8 Å². The molecule has 1 saturated heterocycles. The van der Waals surface area contributed by atoms with E-state index in [0.717, 1.165) is 29.6 Å². The molecule has 0 atom stereocenters. The number of aryl methyl sites for hydroxylation is 1.